The quantitative estimate of drug-likeness (QED) is 0.719. The van der Waals surface area contributed by atoms with E-state index in [1.165, 1.54) is 0 Å². The fraction of sp³-hybridized carbons (Fsp3) is 0.875. The molecular weight excluding hydrogens is 254 g/mol. The molecule has 0 aromatic carbocycles. The summed E-state index contributed by atoms with van der Waals surface area (Å²) in [5.41, 5.74) is 0. The maximum atomic E-state index is 12.1. The monoisotopic (exact) mass is 283 g/mol. The summed E-state index contributed by atoms with van der Waals surface area (Å²) in [7, 11) is 0. The lowest BCUT2D eigenvalue weighted by Gasteiger charge is -2.21. The average Bonchev–Trinajstić information content (AvgIpc) is 2.78. The summed E-state index contributed by atoms with van der Waals surface area (Å²) in [5.74, 6) is 0.966. The zero-order valence-corrected chi connectivity index (χ0v) is 13.0. The van der Waals surface area contributed by atoms with Crippen molar-refractivity contribution in [1.82, 2.24) is 5.32 Å². The molecule has 0 spiro atoms. The summed E-state index contributed by atoms with van der Waals surface area (Å²) in [6.07, 6.45) is 5.12. The molecule has 1 fully saturated rings. The van der Waals surface area contributed by atoms with Crippen molar-refractivity contribution in [2.75, 3.05) is 6.54 Å². The molecule has 20 heavy (non-hydrogen) atoms. The lowest BCUT2D eigenvalue weighted by molar-refractivity contribution is -0.137. The van der Waals surface area contributed by atoms with Crippen LogP contribution in [0.1, 0.15) is 59.3 Å². The third kappa shape index (κ3) is 5.51. The van der Waals surface area contributed by atoms with Gasteiger partial charge in [0.25, 0.3) is 0 Å². The minimum absolute atomic E-state index is 0.187. The molecule has 0 radical (unpaired) electrons. The van der Waals surface area contributed by atoms with Crippen LogP contribution >= 0.6 is 0 Å². The molecule has 116 valence electrons. The Morgan fingerprint density at radius 1 is 1.25 bits per heavy atom. The standard InChI is InChI=1S/C16H29NO3/c1-11(2)13(7-8-15(18)19)9-10-17-16(20)14-6-4-5-12(14)3/h11-14H,4-10H2,1-3H3,(H,17,20)(H,18,19). The van der Waals surface area contributed by atoms with Crippen molar-refractivity contribution in [2.24, 2.45) is 23.7 Å². The summed E-state index contributed by atoms with van der Waals surface area (Å²) in [4.78, 5) is 22.7. The van der Waals surface area contributed by atoms with Crippen LogP contribution in [-0.2, 0) is 9.59 Å². The molecule has 2 N–H and O–H groups in total. The molecular formula is C16H29NO3. The van der Waals surface area contributed by atoms with E-state index in [-0.39, 0.29) is 18.2 Å². The number of carbonyl (C=O) groups is 2. The molecule has 3 unspecified atom stereocenters. The highest BCUT2D eigenvalue weighted by Gasteiger charge is 2.29. The van der Waals surface area contributed by atoms with Crippen LogP contribution in [0, 0.1) is 23.7 Å². The number of aliphatic carboxylic acids is 1. The topological polar surface area (TPSA) is 66.4 Å². The number of carboxylic acid groups (broad SMARTS) is 1. The number of hydrogen-bond acceptors (Lipinski definition) is 2. The van der Waals surface area contributed by atoms with Gasteiger partial charge in [0.1, 0.15) is 0 Å². The number of nitrogens with one attached hydrogen (secondary N) is 1. The van der Waals surface area contributed by atoms with E-state index >= 15 is 0 Å². The number of hydrogen-bond donors (Lipinski definition) is 2. The Balaban J connectivity index is 2.29. The van der Waals surface area contributed by atoms with Crippen molar-refractivity contribution in [3.05, 3.63) is 0 Å². The number of rotatable bonds is 8. The first kappa shape index (κ1) is 17.0. The second-order valence-electron chi connectivity index (χ2n) is 6.53. The first-order valence-electron chi connectivity index (χ1n) is 7.91. The first-order valence-corrected chi connectivity index (χ1v) is 7.91. The molecule has 0 saturated heterocycles. The van der Waals surface area contributed by atoms with Gasteiger partial charge in [-0.1, -0.05) is 27.2 Å². The smallest absolute Gasteiger partial charge is 0.303 e. The van der Waals surface area contributed by atoms with E-state index in [0.29, 0.717) is 30.7 Å². The van der Waals surface area contributed by atoms with Crippen LogP contribution in [-0.4, -0.2) is 23.5 Å². The van der Waals surface area contributed by atoms with Gasteiger partial charge in [-0.3, -0.25) is 9.59 Å². The van der Waals surface area contributed by atoms with E-state index in [9.17, 15) is 9.59 Å². The van der Waals surface area contributed by atoms with Crippen molar-refractivity contribution in [1.29, 1.82) is 0 Å². The Bertz CT molecular complexity index is 328. The molecule has 4 nitrogen and oxygen atoms in total. The largest absolute Gasteiger partial charge is 0.481 e. The molecule has 1 saturated carbocycles. The predicted octanol–water partition coefficient (Wildman–Crippen LogP) is 3.07. The fourth-order valence-electron chi connectivity index (χ4n) is 3.17. The predicted molar refractivity (Wildman–Crippen MR) is 79.3 cm³/mol. The van der Waals surface area contributed by atoms with Gasteiger partial charge in [0.2, 0.25) is 5.91 Å². The highest BCUT2D eigenvalue weighted by Crippen LogP contribution is 2.31. The van der Waals surface area contributed by atoms with Gasteiger partial charge in [-0.25, -0.2) is 0 Å². The van der Waals surface area contributed by atoms with E-state index in [1.54, 1.807) is 0 Å². The van der Waals surface area contributed by atoms with Crippen LogP contribution in [0.3, 0.4) is 0 Å². The molecule has 3 atom stereocenters. The van der Waals surface area contributed by atoms with Crippen LogP contribution in [0.15, 0.2) is 0 Å². The van der Waals surface area contributed by atoms with Crippen LogP contribution < -0.4 is 5.32 Å². The van der Waals surface area contributed by atoms with E-state index in [0.717, 1.165) is 25.7 Å². The highest BCUT2D eigenvalue weighted by atomic mass is 16.4. The minimum atomic E-state index is -0.737. The average molecular weight is 283 g/mol. The van der Waals surface area contributed by atoms with Crippen LogP contribution in [0.25, 0.3) is 0 Å². The summed E-state index contributed by atoms with van der Waals surface area (Å²) in [5, 5.41) is 11.8. The van der Waals surface area contributed by atoms with Gasteiger partial charge in [0.15, 0.2) is 0 Å². The Morgan fingerprint density at radius 2 is 1.95 bits per heavy atom. The Labute approximate surface area is 122 Å². The van der Waals surface area contributed by atoms with Crippen molar-refractivity contribution in [2.45, 2.75) is 59.3 Å². The molecule has 0 aromatic rings. The number of carboxylic acids is 1. The third-order valence-electron chi connectivity index (χ3n) is 4.68. The lowest BCUT2D eigenvalue weighted by atomic mass is 9.88. The number of carbonyl (C=O) groups excluding carboxylic acids is 1. The number of amides is 1. The van der Waals surface area contributed by atoms with Gasteiger partial charge in [-0.2, -0.15) is 0 Å². The zero-order valence-electron chi connectivity index (χ0n) is 13.0. The van der Waals surface area contributed by atoms with Gasteiger partial charge >= 0.3 is 5.97 Å². The normalized spacial score (nSPS) is 23.8. The molecule has 1 rings (SSSR count). The van der Waals surface area contributed by atoms with E-state index in [2.05, 4.69) is 26.1 Å². The molecule has 0 aliphatic heterocycles. The maximum Gasteiger partial charge on any atom is 0.303 e. The summed E-state index contributed by atoms with van der Waals surface area (Å²) >= 11 is 0. The zero-order chi connectivity index (χ0) is 15.1. The van der Waals surface area contributed by atoms with Gasteiger partial charge in [-0.05, 0) is 43.4 Å². The van der Waals surface area contributed by atoms with Gasteiger partial charge in [-0.15, -0.1) is 0 Å². The van der Waals surface area contributed by atoms with E-state index in [1.807, 2.05) is 0 Å². The molecule has 4 heteroatoms. The van der Waals surface area contributed by atoms with E-state index < -0.39 is 5.97 Å². The summed E-state index contributed by atoms with van der Waals surface area (Å²) in [6, 6.07) is 0. The fourth-order valence-corrected chi connectivity index (χ4v) is 3.17. The molecule has 0 heterocycles. The third-order valence-corrected chi connectivity index (χ3v) is 4.68. The molecule has 1 amide bonds. The highest BCUT2D eigenvalue weighted by molar-refractivity contribution is 5.79. The molecule has 1 aliphatic carbocycles. The minimum Gasteiger partial charge on any atom is -0.481 e. The van der Waals surface area contributed by atoms with Crippen molar-refractivity contribution in [3.63, 3.8) is 0 Å². The molecule has 1 aliphatic rings. The van der Waals surface area contributed by atoms with Crippen LogP contribution in [0.2, 0.25) is 0 Å². The molecule has 0 bridgehead atoms. The van der Waals surface area contributed by atoms with Crippen molar-refractivity contribution in [3.8, 4) is 0 Å². The van der Waals surface area contributed by atoms with Crippen molar-refractivity contribution < 1.29 is 14.7 Å². The van der Waals surface area contributed by atoms with Crippen molar-refractivity contribution >= 4 is 11.9 Å². The summed E-state index contributed by atoms with van der Waals surface area (Å²) in [6.45, 7) is 7.06. The Hall–Kier alpha value is -1.06. The first-order chi connectivity index (χ1) is 9.41. The SMILES string of the molecule is CC(C)C(CCNC(=O)C1CCCC1C)CCC(=O)O. The second-order valence-corrected chi connectivity index (χ2v) is 6.53. The Kier molecular flexibility index (Phi) is 7.03. The Morgan fingerprint density at radius 3 is 2.45 bits per heavy atom. The van der Waals surface area contributed by atoms with Gasteiger partial charge in [0.05, 0.1) is 0 Å². The lowest BCUT2D eigenvalue weighted by Crippen LogP contribution is -2.33. The van der Waals surface area contributed by atoms with Crippen LogP contribution in [0.5, 0.6) is 0 Å². The maximum absolute atomic E-state index is 12.1. The second kappa shape index (κ2) is 8.28. The van der Waals surface area contributed by atoms with Crippen LogP contribution in [0.4, 0.5) is 0 Å². The van der Waals surface area contributed by atoms with Gasteiger partial charge < -0.3 is 10.4 Å². The summed E-state index contributed by atoms with van der Waals surface area (Å²) < 4.78 is 0. The molecule has 0 aromatic heterocycles. The van der Waals surface area contributed by atoms with E-state index in [4.69, 9.17) is 5.11 Å². The van der Waals surface area contributed by atoms with Gasteiger partial charge in [0, 0.05) is 18.9 Å².